The normalized spacial score (nSPS) is 20.8. The van der Waals surface area contributed by atoms with Crippen LogP contribution in [0.15, 0.2) is 18.3 Å². The van der Waals surface area contributed by atoms with E-state index in [0.29, 0.717) is 22.0 Å². The first-order valence-electron chi connectivity index (χ1n) is 8.62. The summed E-state index contributed by atoms with van der Waals surface area (Å²) >= 11 is 0. The number of carbonyl (C=O) groups is 1. The third-order valence-corrected chi connectivity index (χ3v) is 5.47. The molecule has 2 heterocycles. The lowest BCUT2D eigenvalue weighted by atomic mass is 9.96. The molecule has 29 heavy (non-hydrogen) atoms. The van der Waals surface area contributed by atoms with Crippen molar-refractivity contribution in [2.24, 2.45) is 5.73 Å². The molecule has 1 aromatic heterocycles. The van der Waals surface area contributed by atoms with Crippen LogP contribution in [0.1, 0.15) is 31.1 Å². The summed E-state index contributed by atoms with van der Waals surface area (Å²) in [4.78, 5) is 15.2. The van der Waals surface area contributed by atoms with E-state index in [1.807, 2.05) is 0 Å². The van der Waals surface area contributed by atoms with E-state index >= 15 is 0 Å². The van der Waals surface area contributed by atoms with Gasteiger partial charge < -0.3 is 10.6 Å². The van der Waals surface area contributed by atoms with Crippen LogP contribution in [0.3, 0.4) is 0 Å². The summed E-state index contributed by atoms with van der Waals surface area (Å²) in [6, 6.07) is 1.57. The van der Waals surface area contributed by atoms with Gasteiger partial charge in [-0.3, -0.25) is 13.3 Å². The van der Waals surface area contributed by atoms with Crippen molar-refractivity contribution in [3.63, 3.8) is 0 Å². The van der Waals surface area contributed by atoms with Crippen molar-refractivity contribution >= 4 is 37.0 Å². The quantitative estimate of drug-likeness (QED) is 0.600. The SMILES string of the molecule is CC(C)N1Cc2c(ccc3c2cnn3OS(C)(=O)=O)C(OS(C)(=O)=O)[C@@H](N)C1=O. The van der Waals surface area contributed by atoms with Crippen LogP contribution in [0.4, 0.5) is 0 Å². The van der Waals surface area contributed by atoms with Crippen LogP contribution in [-0.4, -0.2) is 62.2 Å². The highest BCUT2D eigenvalue weighted by atomic mass is 32.2. The van der Waals surface area contributed by atoms with Crippen LogP contribution >= 0.6 is 0 Å². The molecule has 1 aromatic carbocycles. The van der Waals surface area contributed by atoms with E-state index < -0.39 is 38.3 Å². The minimum absolute atomic E-state index is 0.116. The van der Waals surface area contributed by atoms with Gasteiger partial charge in [-0.15, -0.1) is 5.10 Å². The fourth-order valence-electron chi connectivity index (χ4n) is 3.28. The molecule has 0 bridgehead atoms. The van der Waals surface area contributed by atoms with Gasteiger partial charge in [-0.2, -0.15) is 16.8 Å². The number of hydrogen-bond donors (Lipinski definition) is 1. The Hall–Kier alpha value is -2.22. The number of fused-ring (bicyclic) bond motifs is 3. The third kappa shape index (κ3) is 4.37. The molecule has 1 aliphatic heterocycles. The molecule has 2 N–H and O–H groups in total. The number of carbonyl (C=O) groups excluding carboxylic acids is 1. The van der Waals surface area contributed by atoms with Gasteiger partial charge in [0.25, 0.3) is 10.1 Å². The lowest BCUT2D eigenvalue weighted by Gasteiger charge is -2.28. The molecule has 13 heteroatoms. The van der Waals surface area contributed by atoms with Crippen LogP contribution in [0.2, 0.25) is 0 Å². The number of benzene rings is 1. The van der Waals surface area contributed by atoms with Crippen LogP contribution in [0.5, 0.6) is 0 Å². The van der Waals surface area contributed by atoms with Crippen molar-refractivity contribution in [2.75, 3.05) is 12.5 Å². The summed E-state index contributed by atoms with van der Waals surface area (Å²) in [6.45, 7) is 3.72. The molecular weight excluding hydrogens is 424 g/mol. The molecule has 0 fully saturated rings. The Kier molecular flexibility index (Phi) is 5.36. The van der Waals surface area contributed by atoms with E-state index in [2.05, 4.69) is 5.10 Å². The van der Waals surface area contributed by atoms with Crippen LogP contribution in [-0.2, 0) is 35.8 Å². The largest absolute Gasteiger partial charge is 0.334 e. The number of amides is 1. The van der Waals surface area contributed by atoms with Gasteiger partial charge in [0.15, 0.2) is 0 Å². The van der Waals surface area contributed by atoms with Gasteiger partial charge in [-0.25, -0.2) is 0 Å². The summed E-state index contributed by atoms with van der Waals surface area (Å²) in [6.07, 6.45) is 1.92. The number of nitrogens with zero attached hydrogens (tertiary/aromatic N) is 3. The number of hydrogen-bond acceptors (Lipinski definition) is 9. The Bertz CT molecular complexity index is 1170. The molecule has 2 aromatic rings. The van der Waals surface area contributed by atoms with E-state index in [4.69, 9.17) is 14.2 Å². The van der Waals surface area contributed by atoms with Gasteiger partial charge in [0.2, 0.25) is 5.91 Å². The second kappa shape index (κ2) is 7.23. The zero-order valence-corrected chi connectivity index (χ0v) is 17.9. The summed E-state index contributed by atoms with van der Waals surface area (Å²) in [5.41, 5.74) is 7.39. The average molecular weight is 447 g/mol. The highest BCUT2D eigenvalue weighted by molar-refractivity contribution is 7.86. The maximum absolute atomic E-state index is 12.9. The lowest BCUT2D eigenvalue weighted by Crippen LogP contribution is -2.47. The first-order valence-corrected chi connectivity index (χ1v) is 12.3. The van der Waals surface area contributed by atoms with E-state index in [0.717, 1.165) is 17.4 Å². The van der Waals surface area contributed by atoms with Crippen molar-refractivity contribution < 1.29 is 30.1 Å². The number of rotatable bonds is 5. The molecule has 3 rings (SSSR count). The Labute approximate surface area is 168 Å². The van der Waals surface area contributed by atoms with Crippen molar-refractivity contribution in [3.8, 4) is 0 Å². The molecule has 160 valence electrons. The summed E-state index contributed by atoms with van der Waals surface area (Å²) in [5, 5.41) is 4.44. The molecule has 0 saturated heterocycles. The van der Waals surface area contributed by atoms with Crippen molar-refractivity contribution in [3.05, 3.63) is 29.5 Å². The molecule has 0 aliphatic carbocycles. The smallest absolute Gasteiger partial charge is 0.325 e. The van der Waals surface area contributed by atoms with Gasteiger partial charge >= 0.3 is 10.1 Å². The molecule has 0 radical (unpaired) electrons. The Morgan fingerprint density at radius 3 is 2.38 bits per heavy atom. The van der Waals surface area contributed by atoms with E-state index in [-0.39, 0.29) is 12.6 Å². The van der Waals surface area contributed by atoms with Gasteiger partial charge in [0.1, 0.15) is 17.7 Å². The monoisotopic (exact) mass is 446 g/mol. The number of aromatic nitrogens is 2. The first kappa shape index (κ1) is 21.5. The lowest BCUT2D eigenvalue weighted by molar-refractivity contribution is -0.136. The van der Waals surface area contributed by atoms with Crippen molar-refractivity contribution in [1.82, 2.24) is 14.8 Å². The maximum Gasteiger partial charge on any atom is 0.325 e. The molecule has 1 amide bonds. The highest BCUT2D eigenvalue weighted by Gasteiger charge is 2.39. The second-order valence-corrected chi connectivity index (χ2v) is 10.3. The van der Waals surface area contributed by atoms with Gasteiger partial charge in [-0.05, 0) is 31.0 Å². The summed E-state index contributed by atoms with van der Waals surface area (Å²) in [7, 11) is -7.76. The van der Waals surface area contributed by atoms with E-state index in [1.165, 1.54) is 23.2 Å². The zero-order valence-electron chi connectivity index (χ0n) is 16.3. The Morgan fingerprint density at radius 2 is 1.83 bits per heavy atom. The van der Waals surface area contributed by atoms with Gasteiger partial charge in [-0.1, -0.05) is 10.9 Å². The Morgan fingerprint density at radius 1 is 1.17 bits per heavy atom. The molecule has 1 aliphatic rings. The van der Waals surface area contributed by atoms with E-state index in [9.17, 15) is 21.6 Å². The molecule has 11 nitrogen and oxygen atoms in total. The first-order chi connectivity index (χ1) is 13.3. The van der Waals surface area contributed by atoms with E-state index in [1.54, 1.807) is 13.8 Å². The fraction of sp³-hybridized carbons (Fsp3) is 0.500. The molecule has 0 saturated carbocycles. The maximum atomic E-state index is 12.9. The predicted octanol–water partition coefficient (Wildman–Crippen LogP) is -0.480. The summed E-state index contributed by atoms with van der Waals surface area (Å²) in [5.74, 6) is -0.460. The van der Waals surface area contributed by atoms with Crippen molar-refractivity contribution in [1.29, 1.82) is 0 Å². The van der Waals surface area contributed by atoms with Crippen LogP contribution in [0.25, 0.3) is 10.9 Å². The van der Waals surface area contributed by atoms with Gasteiger partial charge in [0.05, 0.1) is 18.7 Å². The van der Waals surface area contributed by atoms with Gasteiger partial charge in [0, 0.05) is 18.0 Å². The fourth-order valence-corrected chi connectivity index (χ4v) is 4.26. The van der Waals surface area contributed by atoms with Crippen LogP contribution < -0.4 is 10.0 Å². The van der Waals surface area contributed by atoms with Crippen LogP contribution in [0, 0.1) is 0 Å². The molecule has 1 unspecified atom stereocenters. The highest BCUT2D eigenvalue weighted by Crippen LogP contribution is 2.35. The number of nitrogens with two attached hydrogens (primary N) is 1. The molecular formula is C16H22N4O7S2. The second-order valence-electron chi connectivity index (χ2n) is 7.17. The third-order valence-electron chi connectivity index (χ3n) is 4.51. The predicted molar refractivity (Wildman–Crippen MR) is 103 cm³/mol. The Balaban J connectivity index is 2.25. The summed E-state index contributed by atoms with van der Waals surface area (Å²) < 4.78 is 56.6. The minimum atomic E-state index is -3.92. The zero-order chi connectivity index (χ0) is 21.7. The minimum Gasteiger partial charge on any atom is -0.334 e. The molecule has 0 spiro atoms. The molecule has 2 atom stereocenters. The standard InChI is InChI=1S/C16H22N4O7S2/c1-9(2)19-8-12-10(15(14(17)16(19)21)26-28(3,22)23)5-6-13-11(12)7-18-20(13)27-29(4,24)25/h5-7,9,14-15H,8,17H2,1-4H3/t14-,15?/m1/s1. The topological polar surface area (TPSA) is 151 Å². The van der Waals surface area contributed by atoms with Crippen molar-refractivity contribution in [2.45, 2.75) is 38.6 Å². The average Bonchev–Trinajstić information content (AvgIpc) is 2.92.